The van der Waals surface area contributed by atoms with Gasteiger partial charge >= 0.3 is 0 Å². The van der Waals surface area contributed by atoms with Crippen LogP contribution in [0.3, 0.4) is 0 Å². The van der Waals surface area contributed by atoms with E-state index < -0.39 is 0 Å². The Morgan fingerprint density at radius 3 is 2.17 bits per heavy atom. The maximum absolute atomic E-state index is 10.4. The van der Waals surface area contributed by atoms with Crippen LogP contribution < -0.4 is 0 Å². The zero-order chi connectivity index (χ0) is 12.5. The molecule has 1 amide bonds. The predicted molar refractivity (Wildman–Crippen MR) is 70.0 cm³/mol. The van der Waals surface area contributed by atoms with Crippen LogP contribution in [0.1, 0.15) is 12.5 Å². The number of piperazine rings is 1. The van der Waals surface area contributed by atoms with Gasteiger partial charge < -0.3 is 16.6 Å². The molecule has 0 N–H and O–H groups in total. The Morgan fingerprint density at radius 1 is 1.11 bits per heavy atom. The van der Waals surface area contributed by atoms with E-state index >= 15 is 0 Å². The van der Waals surface area contributed by atoms with Gasteiger partial charge in [-0.2, -0.15) is 13.3 Å². The molecule has 0 aromatic heterocycles. The topological polar surface area (TPSA) is 23.6 Å². The third-order valence-corrected chi connectivity index (χ3v) is 2.75. The quantitative estimate of drug-likeness (QED) is 0.792. The normalized spacial score (nSPS) is 15.1. The van der Waals surface area contributed by atoms with Gasteiger partial charge in [-0.1, -0.05) is 30.3 Å². The molecule has 0 spiro atoms. The minimum absolute atomic E-state index is 0. The van der Waals surface area contributed by atoms with E-state index in [1.807, 2.05) is 12.5 Å². The van der Waals surface area contributed by atoms with Crippen LogP contribution in [-0.4, -0.2) is 42.4 Å². The van der Waals surface area contributed by atoms with Gasteiger partial charge in [0.05, 0.1) is 0 Å². The molecule has 1 heterocycles. The summed E-state index contributed by atoms with van der Waals surface area (Å²) >= 11 is 0. The molecule has 0 bridgehead atoms. The Hall–Kier alpha value is -0.246. The zero-order valence-electron chi connectivity index (χ0n) is 11.0. The number of hydrogen-bond acceptors (Lipinski definition) is 2. The molecule has 0 saturated carbocycles. The fourth-order valence-corrected chi connectivity index (χ4v) is 1.84. The summed E-state index contributed by atoms with van der Waals surface area (Å²) in [5.74, 6) is 0. The number of nitrogens with zero attached hydrogens (tertiary/aromatic N) is 2. The fraction of sp³-hybridized carbons (Fsp3) is 0.429. The first kappa shape index (κ1) is 17.8. The molecule has 1 aliphatic heterocycles. The Morgan fingerprint density at radius 2 is 1.67 bits per heavy atom. The smallest absolute Gasteiger partial charge is 0.0235 e. The van der Waals surface area contributed by atoms with E-state index in [1.54, 1.807) is 11.8 Å². The van der Waals surface area contributed by atoms with Crippen molar-refractivity contribution in [3.05, 3.63) is 42.8 Å². The van der Waals surface area contributed by atoms with Gasteiger partial charge in [-0.15, -0.1) is 0 Å². The summed E-state index contributed by atoms with van der Waals surface area (Å²) in [4.78, 5) is 14.5. The second-order valence-corrected chi connectivity index (χ2v) is 3.84. The van der Waals surface area contributed by atoms with Gasteiger partial charge in [0.15, 0.2) is 0 Å². The molecule has 4 heteroatoms. The maximum Gasteiger partial charge on any atom is 0.0235 e. The van der Waals surface area contributed by atoms with E-state index in [0.29, 0.717) is 0 Å². The molecule has 18 heavy (non-hydrogen) atoms. The van der Waals surface area contributed by atoms with Crippen molar-refractivity contribution in [1.82, 2.24) is 9.80 Å². The summed E-state index contributed by atoms with van der Waals surface area (Å²) in [6.45, 7) is 9.48. The average molecular weight is 321 g/mol. The molecule has 1 fully saturated rings. The predicted octanol–water partition coefficient (Wildman–Crippen LogP) is 1.71. The molecule has 0 unspecified atom stereocenters. The molecule has 1 aliphatic rings. The number of carbonyl (C=O) groups excluding carboxylic acids is 1. The molecule has 1 aromatic rings. The van der Waals surface area contributed by atoms with E-state index in [-0.39, 0.29) is 32.7 Å². The van der Waals surface area contributed by atoms with Crippen LogP contribution in [0.5, 0.6) is 0 Å². The van der Waals surface area contributed by atoms with Gasteiger partial charge in [-0.05, 0) is 5.56 Å². The summed E-state index contributed by atoms with van der Waals surface area (Å²) in [6.07, 6.45) is 1.94. The van der Waals surface area contributed by atoms with Crippen molar-refractivity contribution in [3.63, 3.8) is 0 Å². The van der Waals surface area contributed by atoms with Crippen molar-refractivity contribution in [1.29, 1.82) is 0 Å². The van der Waals surface area contributed by atoms with Crippen LogP contribution in [0.15, 0.2) is 30.3 Å². The van der Waals surface area contributed by atoms with Crippen molar-refractivity contribution >= 4 is 6.41 Å². The Labute approximate surface area is 135 Å². The molecule has 1 radical (unpaired) electrons. The molecule has 2 rings (SSSR count). The Balaban J connectivity index is 0.000000917. The van der Waals surface area contributed by atoms with Crippen molar-refractivity contribution in [2.24, 2.45) is 0 Å². The second kappa shape index (κ2) is 10.7. The first-order valence-electron chi connectivity index (χ1n) is 5.98. The summed E-state index contributed by atoms with van der Waals surface area (Å²) in [6, 6.07) is 10.4. The molecule has 0 aliphatic carbocycles. The number of amides is 1. The van der Waals surface area contributed by atoms with Gasteiger partial charge in [0.2, 0.25) is 0 Å². The monoisotopic (exact) mass is 321 g/mol. The van der Waals surface area contributed by atoms with Crippen molar-refractivity contribution in [2.45, 2.75) is 13.5 Å². The van der Waals surface area contributed by atoms with Crippen LogP contribution in [0.4, 0.5) is 0 Å². The van der Waals surface area contributed by atoms with Gasteiger partial charge in [-0.25, -0.2) is 0 Å². The number of benzene rings is 1. The third kappa shape index (κ3) is 6.08. The van der Waals surface area contributed by atoms with Crippen LogP contribution in [0, 0.1) is 6.92 Å². The maximum atomic E-state index is 10.4. The molecule has 1 aromatic carbocycles. The van der Waals surface area contributed by atoms with Gasteiger partial charge in [0, 0.05) is 65.4 Å². The van der Waals surface area contributed by atoms with E-state index in [2.05, 4.69) is 36.1 Å². The number of rotatable bonds is 3. The minimum atomic E-state index is 0. The average Bonchev–Trinajstić information content (AvgIpc) is 2.43. The van der Waals surface area contributed by atoms with Crippen molar-refractivity contribution in [2.75, 3.05) is 26.2 Å². The van der Waals surface area contributed by atoms with Crippen LogP contribution in [0.25, 0.3) is 0 Å². The SMILES string of the molecule is O=[C-]N1CCN(Cc2ccccc2)CC1.[CH2-]C.[Y]. The van der Waals surface area contributed by atoms with Crippen LogP contribution in [0.2, 0.25) is 0 Å². The molecule has 97 valence electrons. The molecule has 1 saturated heterocycles. The molecule has 0 atom stereocenters. The summed E-state index contributed by atoms with van der Waals surface area (Å²) < 4.78 is 0. The van der Waals surface area contributed by atoms with E-state index in [4.69, 9.17) is 0 Å². The standard InChI is InChI=1S/C12H15N2O.C2H5.Y/c15-11-14-8-6-13(7-9-14)10-12-4-2-1-3-5-12;1-2;/h1-5H,6-10H2;1H2,2H3;/q2*-1;. The summed E-state index contributed by atoms with van der Waals surface area (Å²) in [5, 5.41) is 0. The van der Waals surface area contributed by atoms with E-state index in [9.17, 15) is 4.79 Å². The van der Waals surface area contributed by atoms with Crippen LogP contribution >= 0.6 is 0 Å². The van der Waals surface area contributed by atoms with Gasteiger partial charge in [0.1, 0.15) is 0 Å². The van der Waals surface area contributed by atoms with Gasteiger partial charge in [0.25, 0.3) is 0 Å². The molecule has 3 nitrogen and oxygen atoms in total. The largest absolute Gasteiger partial charge is 0.520 e. The Bertz CT molecular complexity index is 311. The fourth-order valence-electron chi connectivity index (χ4n) is 1.84. The van der Waals surface area contributed by atoms with E-state index in [0.717, 1.165) is 32.7 Å². The second-order valence-electron chi connectivity index (χ2n) is 3.84. The van der Waals surface area contributed by atoms with Gasteiger partial charge in [-0.3, -0.25) is 4.90 Å². The summed E-state index contributed by atoms with van der Waals surface area (Å²) in [7, 11) is 0. The van der Waals surface area contributed by atoms with E-state index in [1.165, 1.54) is 5.56 Å². The molecular formula is C14H20N2OY-2. The minimum Gasteiger partial charge on any atom is -0.520 e. The first-order valence-corrected chi connectivity index (χ1v) is 5.98. The Kier molecular flexibility index (Phi) is 10.5. The third-order valence-electron chi connectivity index (χ3n) is 2.75. The van der Waals surface area contributed by atoms with Crippen molar-refractivity contribution < 1.29 is 37.5 Å². The zero-order valence-corrected chi connectivity index (χ0v) is 13.8. The van der Waals surface area contributed by atoms with Crippen LogP contribution in [-0.2, 0) is 44.0 Å². The summed E-state index contributed by atoms with van der Waals surface area (Å²) in [5.41, 5.74) is 1.33. The molecular weight excluding hydrogens is 301 g/mol. The number of hydrogen-bond donors (Lipinski definition) is 0. The first-order chi connectivity index (χ1) is 8.38. The van der Waals surface area contributed by atoms with Crippen molar-refractivity contribution in [3.8, 4) is 0 Å².